The summed E-state index contributed by atoms with van der Waals surface area (Å²) in [5.41, 5.74) is -0.455. The normalized spacial score (nSPS) is 34.0. The quantitative estimate of drug-likeness (QED) is 0.374. The Hall–Kier alpha value is -0.570. The van der Waals surface area contributed by atoms with Crippen LogP contribution in [0.1, 0.15) is 136 Å². The Kier molecular flexibility index (Phi) is 9.21. The summed E-state index contributed by atoms with van der Waals surface area (Å²) in [5.74, 6) is 3.18. The van der Waals surface area contributed by atoms with E-state index >= 15 is 0 Å². The molecule has 3 heteroatoms. The molecule has 0 spiro atoms. The average Bonchev–Trinajstić information content (AvgIpc) is 2.83. The summed E-state index contributed by atoms with van der Waals surface area (Å²) in [4.78, 5) is 13.7. The van der Waals surface area contributed by atoms with E-state index in [1.165, 1.54) is 103 Å². The Morgan fingerprint density at radius 2 is 1.12 bits per heavy atom. The summed E-state index contributed by atoms with van der Waals surface area (Å²) in [7, 11) is 0. The van der Waals surface area contributed by atoms with E-state index in [1.807, 2.05) is 20.8 Å². The molecule has 0 aromatic rings. The van der Waals surface area contributed by atoms with Gasteiger partial charge in [-0.1, -0.05) is 89.9 Å². The van der Waals surface area contributed by atoms with E-state index in [4.69, 9.17) is 9.47 Å². The summed E-state index contributed by atoms with van der Waals surface area (Å²) in [5, 5.41) is 0. The highest BCUT2D eigenvalue weighted by Gasteiger charge is 2.45. The molecule has 0 amide bonds. The van der Waals surface area contributed by atoms with Gasteiger partial charge >= 0.3 is 5.97 Å². The van der Waals surface area contributed by atoms with Crippen molar-refractivity contribution in [1.82, 2.24) is 0 Å². The van der Waals surface area contributed by atoms with E-state index in [2.05, 4.69) is 0 Å². The Morgan fingerprint density at radius 1 is 0.636 bits per heavy atom. The lowest BCUT2D eigenvalue weighted by atomic mass is 9.66. The van der Waals surface area contributed by atoms with Crippen LogP contribution in [0.2, 0.25) is 0 Å². The van der Waals surface area contributed by atoms with E-state index in [9.17, 15) is 4.79 Å². The van der Waals surface area contributed by atoms with Crippen LogP contribution in [0.15, 0.2) is 0 Å². The van der Waals surface area contributed by atoms with Crippen LogP contribution in [0, 0.1) is 29.6 Å². The third-order valence-corrected chi connectivity index (χ3v) is 9.49. The highest BCUT2D eigenvalue weighted by atomic mass is 16.6. The van der Waals surface area contributed by atoms with E-state index < -0.39 is 5.60 Å². The van der Waals surface area contributed by atoms with Gasteiger partial charge in [-0.25, -0.2) is 4.79 Å². The van der Waals surface area contributed by atoms with Crippen molar-refractivity contribution in [3.05, 3.63) is 0 Å². The Bertz CT molecular complexity index is 596. The van der Waals surface area contributed by atoms with E-state index in [0.717, 1.165) is 24.7 Å². The molecule has 0 N–H and O–H groups in total. The van der Waals surface area contributed by atoms with Crippen molar-refractivity contribution in [1.29, 1.82) is 0 Å². The summed E-state index contributed by atoms with van der Waals surface area (Å²) >= 11 is 0. The number of ether oxygens (including phenoxy) is 2. The van der Waals surface area contributed by atoms with Gasteiger partial charge < -0.3 is 9.47 Å². The molecule has 5 atom stereocenters. The van der Waals surface area contributed by atoms with Crippen LogP contribution in [0.3, 0.4) is 0 Å². The Balaban J connectivity index is 1.54. The van der Waals surface area contributed by atoms with Crippen molar-refractivity contribution in [3.63, 3.8) is 0 Å². The van der Waals surface area contributed by atoms with Gasteiger partial charge in [-0.05, 0) is 76.0 Å². The van der Waals surface area contributed by atoms with Gasteiger partial charge in [0.15, 0.2) is 6.10 Å². The van der Waals surface area contributed by atoms with Crippen LogP contribution in [0.5, 0.6) is 0 Å². The van der Waals surface area contributed by atoms with Crippen LogP contribution in [-0.4, -0.2) is 23.8 Å². The van der Waals surface area contributed by atoms with Gasteiger partial charge in [0.05, 0.1) is 6.10 Å². The molecule has 4 aliphatic carbocycles. The van der Waals surface area contributed by atoms with Gasteiger partial charge in [-0.3, -0.25) is 0 Å². The van der Waals surface area contributed by atoms with Crippen molar-refractivity contribution >= 4 is 5.97 Å². The highest BCUT2D eigenvalue weighted by molar-refractivity contribution is 5.75. The van der Waals surface area contributed by atoms with Gasteiger partial charge in [-0.2, -0.15) is 0 Å². The van der Waals surface area contributed by atoms with Crippen molar-refractivity contribution in [3.8, 4) is 0 Å². The monoisotopic (exact) mass is 460 g/mol. The summed E-state index contributed by atoms with van der Waals surface area (Å²) in [6.45, 7) is 6.02. The van der Waals surface area contributed by atoms with Crippen LogP contribution in [-0.2, 0) is 14.3 Å². The standard InChI is InChI=1S/C30H52O3/c1-30(2,3)33-29(31)28(26-20-11-10-18-24(26)22-14-6-4-7-15-22)32-27-21-13-12-19-25(27)23-16-8-5-9-17-23/h22-28H,4-21H2,1-3H3. The minimum atomic E-state index is -0.455. The van der Waals surface area contributed by atoms with Gasteiger partial charge in [-0.15, -0.1) is 0 Å². The lowest BCUT2D eigenvalue weighted by molar-refractivity contribution is -0.188. The van der Waals surface area contributed by atoms with Gasteiger partial charge in [0.25, 0.3) is 0 Å². The van der Waals surface area contributed by atoms with Gasteiger partial charge in [0.1, 0.15) is 5.60 Å². The molecule has 33 heavy (non-hydrogen) atoms. The fraction of sp³-hybridized carbons (Fsp3) is 0.967. The molecule has 0 aliphatic heterocycles. The zero-order valence-electron chi connectivity index (χ0n) is 22.0. The number of hydrogen-bond donors (Lipinski definition) is 0. The molecule has 4 rings (SSSR count). The Labute approximate surface area is 204 Å². The minimum Gasteiger partial charge on any atom is -0.458 e. The number of esters is 1. The van der Waals surface area contributed by atoms with Crippen molar-refractivity contribution in [2.45, 2.75) is 154 Å². The number of rotatable bonds is 6. The maximum atomic E-state index is 13.7. The molecule has 3 nitrogen and oxygen atoms in total. The molecular formula is C30H52O3. The van der Waals surface area contributed by atoms with Gasteiger partial charge in [0, 0.05) is 0 Å². The summed E-state index contributed by atoms with van der Waals surface area (Å²) in [6.07, 6.45) is 23.7. The maximum Gasteiger partial charge on any atom is 0.336 e. The molecule has 4 saturated carbocycles. The van der Waals surface area contributed by atoms with Crippen LogP contribution in [0.25, 0.3) is 0 Å². The predicted molar refractivity (Wildman–Crippen MR) is 135 cm³/mol. The second-order valence-corrected chi connectivity index (χ2v) is 13.0. The molecule has 0 radical (unpaired) electrons. The molecular weight excluding hydrogens is 408 g/mol. The summed E-state index contributed by atoms with van der Waals surface area (Å²) in [6, 6.07) is 0. The molecule has 4 fully saturated rings. The van der Waals surface area contributed by atoms with Crippen LogP contribution < -0.4 is 0 Å². The molecule has 5 unspecified atom stereocenters. The topological polar surface area (TPSA) is 35.5 Å². The smallest absolute Gasteiger partial charge is 0.336 e. The SMILES string of the molecule is CC(C)(C)OC(=O)C(OC1CCCCC1C1CCCCC1)C1CCCCC1C1CCCCC1. The first-order valence-electron chi connectivity index (χ1n) is 14.8. The second kappa shape index (κ2) is 11.9. The van der Waals surface area contributed by atoms with E-state index in [-0.39, 0.29) is 18.2 Å². The first-order chi connectivity index (χ1) is 15.9. The van der Waals surface area contributed by atoms with Crippen molar-refractivity contribution in [2.24, 2.45) is 29.6 Å². The second-order valence-electron chi connectivity index (χ2n) is 13.0. The first kappa shape index (κ1) is 25.5. The molecule has 0 bridgehead atoms. The van der Waals surface area contributed by atoms with E-state index in [1.54, 1.807) is 0 Å². The molecule has 0 heterocycles. The number of hydrogen-bond acceptors (Lipinski definition) is 3. The Morgan fingerprint density at radius 3 is 1.73 bits per heavy atom. The fourth-order valence-corrected chi connectivity index (χ4v) is 7.99. The predicted octanol–water partition coefficient (Wildman–Crippen LogP) is 8.24. The van der Waals surface area contributed by atoms with Crippen molar-refractivity contribution in [2.75, 3.05) is 0 Å². The zero-order chi connectivity index (χ0) is 23.3. The fourth-order valence-electron chi connectivity index (χ4n) is 7.99. The summed E-state index contributed by atoms with van der Waals surface area (Å²) < 4.78 is 13.1. The van der Waals surface area contributed by atoms with Crippen LogP contribution in [0.4, 0.5) is 0 Å². The first-order valence-corrected chi connectivity index (χ1v) is 14.8. The number of carbonyl (C=O) groups excluding carboxylic acids is 1. The third kappa shape index (κ3) is 6.98. The maximum absolute atomic E-state index is 13.7. The lowest BCUT2D eigenvalue weighted by Crippen LogP contribution is -2.48. The highest BCUT2D eigenvalue weighted by Crippen LogP contribution is 2.46. The average molecular weight is 461 g/mol. The largest absolute Gasteiger partial charge is 0.458 e. The molecule has 190 valence electrons. The van der Waals surface area contributed by atoms with E-state index in [0.29, 0.717) is 17.8 Å². The van der Waals surface area contributed by atoms with Gasteiger partial charge in [0.2, 0.25) is 0 Å². The molecule has 0 saturated heterocycles. The number of carbonyl (C=O) groups is 1. The lowest BCUT2D eigenvalue weighted by Gasteiger charge is -2.45. The molecule has 4 aliphatic rings. The van der Waals surface area contributed by atoms with Crippen LogP contribution >= 0.6 is 0 Å². The molecule has 0 aromatic carbocycles. The minimum absolute atomic E-state index is 0.0665. The zero-order valence-corrected chi connectivity index (χ0v) is 22.0. The molecule has 0 aromatic heterocycles. The van der Waals surface area contributed by atoms with Crippen molar-refractivity contribution < 1.29 is 14.3 Å². The third-order valence-electron chi connectivity index (χ3n) is 9.49.